The Labute approximate surface area is 179 Å². The molecule has 0 bridgehead atoms. The third kappa shape index (κ3) is 5.37. The number of benzene rings is 2. The van der Waals surface area contributed by atoms with Crippen molar-refractivity contribution >= 4 is 29.3 Å². The van der Waals surface area contributed by atoms with Gasteiger partial charge in [0.15, 0.2) is 0 Å². The van der Waals surface area contributed by atoms with Gasteiger partial charge in [-0.15, -0.1) is 0 Å². The van der Waals surface area contributed by atoms with Crippen LogP contribution in [0.4, 0.5) is 5.69 Å². The number of halogens is 1. The largest absolute Gasteiger partial charge is 0.495 e. The molecule has 1 aromatic heterocycles. The molecular formula is C23H18ClN3O3. The van der Waals surface area contributed by atoms with Crippen LogP contribution in [0.2, 0.25) is 5.02 Å². The SMILES string of the molecule is COc1ccc(NC(=O)/C(C#N)=C/c2ccccc2OCc2ccccn2)cc1Cl. The third-order valence-corrected chi connectivity index (χ3v) is 4.39. The minimum Gasteiger partial charge on any atom is -0.495 e. The van der Waals surface area contributed by atoms with Gasteiger partial charge in [-0.2, -0.15) is 5.26 Å². The molecule has 2 aromatic carbocycles. The zero-order valence-electron chi connectivity index (χ0n) is 16.1. The number of carbonyl (C=O) groups excluding carboxylic acids is 1. The van der Waals surface area contributed by atoms with Crippen LogP contribution in [0, 0.1) is 11.3 Å². The number of aromatic nitrogens is 1. The van der Waals surface area contributed by atoms with Crippen LogP contribution in [0.25, 0.3) is 6.08 Å². The van der Waals surface area contributed by atoms with Crippen LogP contribution in [-0.4, -0.2) is 18.0 Å². The highest BCUT2D eigenvalue weighted by atomic mass is 35.5. The number of ether oxygens (including phenoxy) is 2. The average Bonchev–Trinajstić information content (AvgIpc) is 2.77. The summed E-state index contributed by atoms with van der Waals surface area (Å²) in [5.41, 5.74) is 1.75. The second-order valence-corrected chi connectivity index (χ2v) is 6.53. The lowest BCUT2D eigenvalue weighted by Crippen LogP contribution is -2.13. The Bertz CT molecular complexity index is 1110. The zero-order valence-corrected chi connectivity index (χ0v) is 16.9. The smallest absolute Gasteiger partial charge is 0.266 e. The Morgan fingerprint density at radius 3 is 2.67 bits per heavy atom. The molecule has 6 nitrogen and oxygen atoms in total. The van der Waals surface area contributed by atoms with Gasteiger partial charge in [0.05, 0.1) is 17.8 Å². The molecule has 0 spiro atoms. The summed E-state index contributed by atoms with van der Waals surface area (Å²) in [5, 5.41) is 12.5. The standard InChI is InChI=1S/C23H18ClN3O3/c1-29-22-10-9-18(13-20(22)24)27-23(28)17(14-25)12-16-6-2-3-8-21(16)30-15-19-7-4-5-11-26-19/h2-13H,15H2,1H3,(H,27,28)/b17-12+. The van der Waals surface area contributed by atoms with Gasteiger partial charge in [0.1, 0.15) is 29.7 Å². The van der Waals surface area contributed by atoms with Crippen molar-refractivity contribution in [2.45, 2.75) is 6.61 Å². The van der Waals surface area contributed by atoms with Gasteiger partial charge in [0.25, 0.3) is 5.91 Å². The number of rotatable bonds is 7. The summed E-state index contributed by atoms with van der Waals surface area (Å²) < 4.78 is 10.9. The average molecular weight is 420 g/mol. The van der Waals surface area contributed by atoms with Crippen molar-refractivity contribution in [3.8, 4) is 17.6 Å². The molecule has 0 atom stereocenters. The van der Waals surface area contributed by atoms with Gasteiger partial charge in [-0.05, 0) is 42.5 Å². The topological polar surface area (TPSA) is 84.2 Å². The Morgan fingerprint density at radius 2 is 1.97 bits per heavy atom. The van der Waals surface area contributed by atoms with Crippen LogP contribution in [0.3, 0.4) is 0 Å². The van der Waals surface area contributed by atoms with Crippen molar-refractivity contribution in [1.29, 1.82) is 5.26 Å². The van der Waals surface area contributed by atoms with E-state index in [2.05, 4.69) is 10.3 Å². The van der Waals surface area contributed by atoms with Gasteiger partial charge in [0, 0.05) is 17.4 Å². The second-order valence-electron chi connectivity index (χ2n) is 6.12. The minimum atomic E-state index is -0.557. The molecule has 0 radical (unpaired) electrons. The maximum absolute atomic E-state index is 12.6. The zero-order chi connectivity index (χ0) is 21.3. The van der Waals surface area contributed by atoms with Crippen LogP contribution in [-0.2, 0) is 11.4 Å². The summed E-state index contributed by atoms with van der Waals surface area (Å²) in [4.78, 5) is 16.8. The normalized spacial score (nSPS) is 10.8. The van der Waals surface area contributed by atoms with E-state index in [1.54, 1.807) is 42.6 Å². The highest BCUT2D eigenvalue weighted by Gasteiger charge is 2.12. The maximum Gasteiger partial charge on any atom is 0.266 e. The number of pyridine rings is 1. The molecule has 150 valence electrons. The van der Waals surface area contributed by atoms with E-state index in [9.17, 15) is 10.1 Å². The van der Waals surface area contributed by atoms with Gasteiger partial charge in [-0.3, -0.25) is 9.78 Å². The van der Waals surface area contributed by atoms with Crippen LogP contribution >= 0.6 is 11.6 Å². The molecule has 3 aromatic rings. The first kappa shape index (κ1) is 20.9. The predicted octanol–water partition coefficient (Wildman–Crippen LogP) is 4.87. The number of nitriles is 1. The molecule has 1 heterocycles. The van der Waals surface area contributed by atoms with E-state index in [0.717, 1.165) is 5.69 Å². The summed E-state index contributed by atoms with van der Waals surface area (Å²) in [6, 6.07) is 19.5. The number of hydrogen-bond donors (Lipinski definition) is 1. The quantitative estimate of drug-likeness (QED) is 0.436. The monoisotopic (exact) mass is 419 g/mol. The molecule has 0 saturated heterocycles. The number of anilines is 1. The van der Waals surface area contributed by atoms with Crippen molar-refractivity contribution in [2.24, 2.45) is 0 Å². The number of nitrogens with one attached hydrogen (secondary N) is 1. The van der Waals surface area contributed by atoms with Crippen LogP contribution in [0.5, 0.6) is 11.5 Å². The summed E-state index contributed by atoms with van der Waals surface area (Å²) in [7, 11) is 1.50. The van der Waals surface area contributed by atoms with E-state index in [4.69, 9.17) is 21.1 Å². The van der Waals surface area contributed by atoms with Crippen molar-refractivity contribution < 1.29 is 14.3 Å². The molecular weight excluding hydrogens is 402 g/mol. The lowest BCUT2D eigenvalue weighted by Gasteiger charge is -2.10. The van der Waals surface area contributed by atoms with E-state index in [1.165, 1.54) is 13.2 Å². The highest BCUT2D eigenvalue weighted by Crippen LogP contribution is 2.28. The van der Waals surface area contributed by atoms with Crippen molar-refractivity contribution in [2.75, 3.05) is 12.4 Å². The van der Waals surface area contributed by atoms with Crippen LogP contribution < -0.4 is 14.8 Å². The fourth-order valence-electron chi connectivity index (χ4n) is 2.61. The van der Waals surface area contributed by atoms with Gasteiger partial charge in [0.2, 0.25) is 0 Å². The lowest BCUT2D eigenvalue weighted by molar-refractivity contribution is -0.112. The van der Waals surface area contributed by atoms with Gasteiger partial charge >= 0.3 is 0 Å². The van der Waals surface area contributed by atoms with E-state index in [1.807, 2.05) is 30.3 Å². The van der Waals surface area contributed by atoms with Gasteiger partial charge in [-0.1, -0.05) is 35.9 Å². The number of nitrogens with zero attached hydrogens (tertiary/aromatic N) is 2. The van der Waals surface area contributed by atoms with E-state index < -0.39 is 5.91 Å². The maximum atomic E-state index is 12.6. The molecule has 3 rings (SSSR count). The fourth-order valence-corrected chi connectivity index (χ4v) is 2.87. The predicted molar refractivity (Wildman–Crippen MR) is 115 cm³/mol. The second kappa shape index (κ2) is 10.1. The summed E-state index contributed by atoms with van der Waals surface area (Å²) in [6.07, 6.45) is 3.17. The third-order valence-electron chi connectivity index (χ3n) is 4.10. The molecule has 0 unspecified atom stereocenters. The van der Waals surface area contributed by atoms with Crippen molar-refractivity contribution in [3.63, 3.8) is 0 Å². The molecule has 7 heteroatoms. The summed E-state index contributed by atoms with van der Waals surface area (Å²) >= 11 is 6.08. The van der Waals surface area contributed by atoms with E-state index >= 15 is 0 Å². The van der Waals surface area contributed by atoms with Gasteiger partial charge in [-0.25, -0.2) is 0 Å². The molecule has 0 aliphatic carbocycles. The van der Waals surface area contributed by atoms with Crippen LogP contribution in [0.1, 0.15) is 11.3 Å². The molecule has 0 saturated carbocycles. The fraction of sp³-hybridized carbons (Fsp3) is 0.0870. The van der Waals surface area contributed by atoms with Crippen molar-refractivity contribution in [3.05, 3.63) is 88.7 Å². The van der Waals surface area contributed by atoms with Gasteiger partial charge < -0.3 is 14.8 Å². The van der Waals surface area contributed by atoms with Crippen LogP contribution in [0.15, 0.2) is 72.4 Å². The van der Waals surface area contributed by atoms with E-state index in [0.29, 0.717) is 27.8 Å². The van der Waals surface area contributed by atoms with E-state index in [-0.39, 0.29) is 12.2 Å². The van der Waals surface area contributed by atoms with Crippen molar-refractivity contribution in [1.82, 2.24) is 4.98 Å². The molecule has 0 fully saturated rings. The molecule has 1 N–H and O–H groups in total. The molecule has 0 aliphatic rings. The molecule has 0 aliphatic heterocycles. The Hall–Kier alpha value is -3.82. The first-order valence-electron chi connectivity index (χ1n) is 8.99. The lowest BCUT2D eigenvalue weighted by atomic mass is 10.1. The Kier molecular flexibility index (Phi) is 7.04. The number of hydrogen-bond acceptors (Lipinski definition) is 5. The Morgan fingerprint density at radius 1 is 1.17 bits per heavy atom. The molecule has 1 amide bonds. The summed E-state index contributed by atoms with van der Waals surface area (Å²) in [6.45, 7) is 0.268. The number of amides is 1. The summed E-state index contributed by atoms with van der Waals surface area (Å²) in [5.74, 6) is 0.471. The minimum absolute atomic E-state index is 0.0733. The highest BCUT2D eigenvalue weighted by molar-refractivity contribution is 6.32. The number of para-hydroxylation sites is 1. The molecule has 30 heavy (non-hydrogen) atoms. The first-order valence-corrected chi connectivity index (χ1v) is 9.37. The Balaban J connectivity index is 1.77. The number of methoxy groups -OCH3 is 1. The first-order chi connectivity index (χ1) is 14.6. The number of carbonyl (C=O) groups is 1.